The summed E-state index contributed by atoms with van der Waals surface area (Å²) in [6.45, 7) is 5.52. The van der Waals surface area contributed by atoms with Crippen molar-refractivity contribution in [3.05, 3.63) is 59.2 Å². The van der Waals surface area contributed by atoms with Crippen LogP contribution in [-0.2, 0) is 11.3 Å². The Kier molecular flexibility index (Phi) is 6.06. The number of benzene rings is 2. The number of hydrogen-bond acceptors (Lipinski definition) is 5. The highest BCUT2D eigenvalue weighted by molar-refractivity contribution is 6.31. The molecular weight excluding hydrogens is 402 g/mol. The number of phenols is 1. The van der Waals surface area contributed by atoms with Gasteiger partial charge in [-0.3, -0.25) is 9.88 Å². The van der Waals surface area contributed by atoms with Crippen molar-refractivity contribution in [2.24, 2.45) is 0 Å². The summed E-state index contributed by atoms with van der Waals surface area (Å²) in [6, 6.07) is 13.3. The molecule has 3 aromatic rings. The highest BCUT2D eigenvalue weighted by atomic mass is 35.5. The summed E-state index contributed by atoms with van der Waals surface area (Å²) in [4.78, 5) is 20.3. The van der Waals surface area contributed by atoms with Crippen LogP contribution in [0.2, 0.25) is 5.02 Å². The number of piperazine rings is 1. The second kappa shape index (κ2) is 8.90. The first-order valence-electron chi connectivity index (χ1n) is 10.1. The van der Waals surface area contributed by atoms with Crippen LogP contribution in [0.1, 0.15) is 12.5 Å². The van der Waals surface area contributed by atoms with E-state index in [4.69, 9.17) is 16.3 Å². The number of pyridine rings is 1. The van der Waals surface area contributed by atoms with Crippen molar-refractivity contribution >= 4 is 28.6 Å². The van der Waals surface area contributed by atoms with Crippen molar-refractivity contribution < 1.29 is 14.6 Å². The van der Waals surface area contributed by atoms with Gasteiger partial charge in [0.1, 0.15) is 5.75 Å². The van der Waals surface area contributed by atoms with Crippen LogP contribution >= 0.6 is 11.6 Å². The normalized spacial score (nSPS) is 14.8. The molecule has 0 radical (unpaired) electrons. The van der Waals surface area contributed by atoms with Gasteiger partial charge in [0.2, 0.25) is 0 Å². The lowest BCUT2D eigenvalue weighted by Gasteiger charge is -2.34. The molecule has 7 heteroatoms. The summed E-state index contributed by atoms with van der Waals surface area (Å²) in [5.74, 6) is 0.271. The predicted octanol–water partition coefficient (Wildman–Crippen LogP) is 4.53. The first-order valence-corrected chi connectivity index (χ1v) is 10.4. The van der Waals surface area contributed by atoms with Crippen molar-refractivity contribution in [2.75, 3.05) is 32.8 Å². The monoisotopic (exact) mass is 425 g/mol. The molecule has 4 rings (SSSR count). The lowest BCUT2D eigenvalue weighted by Crippen LogP contribution is -2.48. The van der Waals surface area contributed by atoms with E-state index < -0.39 is 0 Å². The average Bonchev–Trinajstić information content (AvgIpc) is 2.75. The minimum Gasteiger partial charge on any atom is -0.508 e. The van der Waals surface area contributed by atoms with Gasteiger partial charge in [-0.2, -0.15) is 0 Å². The molecule has 2 aromatic carbocycles. The molecular formula is C23H24ClN3O3. The minimum atomic E-state index is -0.258. The summed E-state index contributed by atoms with van der Waals surface area (Å²) in [5.41, 5.74) is 3.76. The van der Waals surface area contributed by atoms with Crippen LogP contribution in [0.25, 0.3) is 22.0 Å². The smallest absolute Gasteiger partial charge is 0.409 e. The summed E-state index contributed by atoms with van der Waals surface area (Å²) >= 11 is 6.11. The third kappa shape index (κ3) is 4.35. The number of carbonyl (C=O) groups is 1. The molecule has 1 aliphatic rings. The Morgan fingerprint density at radius 1 is 1.13 bits per heavy atom. The zero-order valence-electron chi connectivity index (χ0n) is 16.8. The van der Waals surface area contributed by atoms with Gasteiger partial charge in [0.25, 0.3) is 0 Å². The Balaban J connectivity index is 1.53. The lowest BCUT2D eigenvalue weighted by atomic mass is 9.99. The van der Waals surface area contributed by atoms with E-state index in [-0.39, 0.29) is 11.8 Å². The molecule has 0 saturated carbocycles. The molecule has 6 nitrogen and oxygen atoms in total. The van der Waals surface area contributed by atoms with Crippen LogP contribution in [0.5, 0.6) is 5.75 Å². The molecule has 1 aliphatic heterocycles. The topological polar surface area (TPSA) is 65.9 Å². The van der Waals surface area contributed by atoms with Crippen molar-refractivity contribution in [2.45, 2.75) is 13.5 Å². The molecule has 1 saturated heterocycles. The second-order valence-electron chi connectivity index (χ2n) is 7.33. The van der Waals surface area contributed by atoms with E-state index >= 15 is 0 Å². The van der Waals surface area contributed by atoms with E-state index in [2.05, 4.69) is 9.88 Å². The SMILES string of the molecule is CCOC(=O)N1CCN(Cc2cc(-c3ccnc4cc(Cl)ccc34)ccc2O)CC1. The van der Waals surface area contributed by atoms with Crippen LogP contribution in [0.4, 0.5) is 4.79 Å². The fourth-order valence-electron chi connectivity index (χ4n) is 3.80. The summed E-state index contributed by atoms with van der Waals surface area (Å²) in [5, 5.41) is 12.1. The van der Waals surface area contributed by atoms with Gasteiger partial charge in [0.05, 0.1) is 12.1 Å². The quantitative estimate of drug-likeness (QED) is 0.665. The molecule has 0 spiro atoms. The maximum Gasteiger partial charge on any atom is 0.409 e. The van der Waals surface area contributed by atoms with Gasteiger partial charge in [0, 0.05) is 54.9 Å². The van der Waals surface area contributed by atoms with E-state index in [1.807, 2.05) is 43.3 Å². The number of fused-ring (bicyclic) bond motifs is 1. The standard InChI is InChI=1S/C23H24ClN3O3/c1-2-30-23(29)27-11-9-26(10-12-27)15-17-13-16(3-6-22(17)28)19-7-8-25-21-14-18(24)4-5-20(19)21/h3-8,13-14,28H,2,9-12,15H2,1H3. The van der Waals surface area contributed by atoms with Gasteiger partial charge in [-0.1, -0.05) is 23.7 Å². The number of aromatic nitrogens is 1. The molecule has 1 aromatic heterocycles. The van der Waals surface area contributed by atoms with Gasteiger partial charge >= 0.3 is 6.09 Å². The molecule has 1 amide bonds. The molecule has 0 unspecified atom stereocenters. The number of halogens is 1. The number of nitrogens with zero attached hydrogens (tertiary/aromatic N) is 3. The fourth-order valence-corrected chi connectivity index (χ4v) is 3.96. The van der Waals surface area contributed by atoms with E-state index in [1.165, 1.54) is 0 Å². The Labute approximate surface area is 180 Å². The summed E-state index contributed by atoms with van der Waals surface area (Å²) in [6.07, 6.45) is 1.52. The van der Waals surface area contributed by atoms with Crippen LogP contribution in [0, 0.1) is 0 Å². The molecule has 30 heavy (non-hydrogen) atoms. The number of phenolic OH excluding ortho intramolecular Hbond substituents is 1. The van der Waals surface area contributed by atoms with E-state index in [0.717, 1.165) is 40.7 Å². The number of ether oxygens (including phenoxy) is 1. The Hall–Kier alpha value is -2.83. The number of aromatic hydroxyl groups is 1. The van der Waals surface area contributed by atoms with Crippen LogP contribution in [0.3, 0.4) is 0 Å². The third-order valence-electron chi connectivity index (χ3n) is 5.39. The van der Waals surface area contributed by atoms with Crippen molar-refractivity contribution in [1.29, 1.82) is 0 Å². The van der Waals surface area contributed by atoms with Gasteiger partial charge in [-0.15, -0.1) is 0 Å². The molecule has 2 heterocycles. The van der Waals surface area contributed by atoms with Crippen molar-refractivity contribution in [3.63, 3.8) is 0 Å². The molecule has 1 N–H and O–H groups in total. The van der Waals surface area contributed by atoms with Crippen molar-refractivity contribution in [1.82, 2.24) is 14.8 Å². The van der Waals surface area contributed by atoms with Crippen LogP contribution in [0.15, 0.2) is 48.7 Å². The molecule has 0 aliphatic carbocycles. The van der Waals surface area contributed by atoms with E-state index in [0.29, 0.717) is 31.3 Å². The summed E-state index contributed by atoms with van der Waals surface area (Å²) < 4.78 is 5.08. The number of amides is 1. The molecule has 0 bridgehead atoms. The minimum absolute atomic E-state index is 0.258. The number of hydrogen-bond donors (Lipinski definition) is 1. The Bertz CT molecular complexity index is 1060. The largest absolute Gasteiger partial charge is 0.508 e. The molecule has 0 atom stereocenters. The molecule has 1 fully saturated rings. The zero-order chi connectivity index (χ0) is 21.1. The lowest BCUT2D eigenvalue weighted by molar-refractivity contribution is 0.0776. The van der Waals surface area contributed by atoms with Gasteiger partial charge in [-0.05, 0) is 48.4 Å². The average molecular weight is 426 g/mol. The Morgan fingerprint density at radius 2 is 1.93 bits per heavy atom. The van der Waals surface area contributed by atoms with Crippen molar-refractivity contribution in [3.8, 4) is 16.9 Å². The summed E-state index contributed by atoms with van der Waals surface area (Å²) in [7, 11) is 0. The third-order valence-corrected chi connectivity index (χ3v) is 5.62. The van der Waals surface area contributed by atoms with Crippen LogP contribution < -0.4 is 0 Å². The number of rotatable bonds is 4. The maximum atomic E-state index is 11.9. The fraction of sp³-hybridized carbons (Fsp3) is 0.304. The first-order chi connectivity index (χ1) is 14.5. The van der Waals surface area contributed by atoms with Gasteiger partial charge in [0.15, 0.2) is 0 Å². The molecule has 156 valence electrons. The predicted molar refractivity (Wildman–Crippen MR) is 118 cm³/mol. The first kappa shape index (κ1) is 20.4. The highest BCUT2D eigenvalue weighted by Gasteiger charge is 2.22. The Morgan fingerprint density at radius 3 is 2.70 bits per heavy atom. The van der Waals surface area contributed by atoms with E-state index in [1.54, 1.807) is 17.2 Å². The maximum absolute atomic E-state index is 11.9. The highest BCUT2D eigenvalue weighted by Crippen LogP contribution is 2.32. The zero-order valence-corrected chi connectivity index (χ0v) is 17.6. The van der Waals surface area contributed by atoms with Gasteiger partial charge in [-0.25, -0.2) is 4.79 Å². The van der Waals surface area contributed by atoms with Crippen LogP contribution in [-0.4, -0.2) is 58.8 Å². The van der Waals surface area contributed by atoms with Gasteiger partial charge < -0.3 is 14.7 Å². The van der Waals surface area contributed by atoms with E-state index in [9.17, 15) is 9.90 Å². The number of carbonyl (C=O) groups excluding carboxylic acids is 1. The second-order valence-corrected chi connectivity index (χ2v) is 7.76.